The van der Waals surface area contributed by atoms with Gasteiger partial charge in [0.2, 0.25) is 0 Å². The summed E-state index contributed by atoms with van der Waals surface area (Å²) in [5.41, 5.74) is 0.277. The number of hydrogen-bond acceptors (Lipinski definition) is 4. The molecule has 0 bridgehead atoms. The number of halogens is 4. The predicted octanol–water partition coefficient (Wildman–Crippen LogP) is 3.34. The first-order valence-corrected chi connectivity index (χ1v) is 9.92. The van der Waals surface area contributed by atoms with Crippen LogP contribution in [0.2, 0.25) is 0 Å². The van der Waals surface area contributed by atoms with Crippen molar-refractivity contribution in [3.63, 3.8) is 0 Å². The van der Waals surface area contributed by atoms with Gasteiger partial charge < -0.3 is 15.4 Å². The van der Waals surface area contributed by atoms with Crippen LogP contribution in [0.15, 0.2) is 64.5 Å². The molecule has 2 N–H and O–H groups in total. The summed E-state index contributed by atoms with van der Waals surface area (Å²) in [6, 6.07) is 13.8. The van der Waals surface area contributed by atoms with Gasteiger partial charge >= 0.3 is 6.36 Å². The summed E-state index contributed by atoms with van der Waals surface area (Å²) in [6.07, 6.45) is -4.79. The Bertz CT molecular complexity index is 907. The Morgan fingerprint density at radius 3 is 2.28 bits per heavy atom. The van der Waals surface area contributed by atoms with Crippen LogP contribution in [0.5, 0.6) is 5.75 Å². The molecule has 0 aromatic heterocycles. The van der Waals surface area contributed by atoms with Crippen molar-refractivity contribution >= 4 is 39.8 Å². The van der Waals surface area contributed by atoms with Crippen molar-refractivity contribution in [2.75, 3.05) is 19.3 Å². The third kappa shape index (κ3) is 8.48. The zero-order chi connectivity index (χ0) is 20.6. The van der Waals surface area contributed by atoms with Gasteiger partial charge in [0.15, 0.2) is 15.8 Å². The molecular formula is C18H21F3IN3O3S. The van der Waals surface area contributed by atoms with E-state index < -0.39 is 16.2 Å². The minimum absolute atomic E-state index is 0. The van der Waals surface area contributed by atoms with Crippen molar-refractivity contribution < 1.29 is 26.3 Å². The molecule has 2 aromatic carbocycles. The molecule has 0 saturated carbocycles. The number of sulfone groups is 1. The highest BCUT2D eigenvalue weighted by atomic mass is 127. The number of para-hydroxylation sites is 1. The summed E-state index contributed by atoms with van der Waals surface area (Å²) in [5.74, 6) is -0.222. The lowest BCUT2D eigenvalue weighted by molar-refractivity contribution is -0.274. The van der Waals surface area contributed by atoms with Gasteiger partial charge in [0, 0.05) is 25.7 Å². The van der Waals surface area contributed by atoms with Gasteiger partial charge in [0.25, 0.3) is 0 Å². The third-order valence-electron chi connectivity index (χ3n) is 3.63. The van der Waals surface area contributed by atoms with Crippen LogP contribution in [0.25, 0.3) is 0 Å². The van der Waals surface area contributed by atoms with Gasteiger partial charge in [0.05, 0.1) is 10.6 Å². The van der Waals surface area contributed by atoms with Gasteiger partial charge in [-0.25, -0.2) is 8.42 Å². The fraction of sp³-hybridized carbons (Fsp3) is 0.278. The molecule has 0 atom stereocenters. The van der Waals surface area contributed by atoms with Crippen molar-refractivity contribution in [2.24, 2.45) is 4.99 Å². The minimum Gasteiger partial charge on any atom is -0.405 e. The Morgan fingerprint density at radius 1 is 1.03 bits per heavy atom. The van der Waals surface area contributed by atoms with Gasteiger partial charge in [-0.1, -0.05) is 36.4 Å². The third-order valence-corrected chi connectivity index (χ3v) is 5.37. The maximum absolute atomic E-state index is 12.5. The quantitative estimate of drug-likeness (QED) is 0.318. The van der Waals surface area contributed by atoms with Crippen LogP contribution < -0.4 is 15.4 Å². The molecule has 0 amide bonds. The van der Waals surface area contributed by atoms with Crippen LogP contribution in [-0.4, -0.2) is 40.1 Å². The van der Waals surface area contributed by atoms with E-state index in [2.05, 4.69) is 20.4 Å². The van der Waals surface area contributed by atoms with Crippen LogP contribution in [0, 0.1) is 0 Å². The molecule has 0 fully saturated rings. The van der Waals surface area contributed by atoms with E-state index in [0.29, 0.717) is 0 Å². The SMILES string of the molecule is CN=C(NCCS(=O)(=O)c1ccccc1)NCc1ccccc1OC(F)(F)F.I. The lowest BCUT2D eigenvalue weighted by atomic mass is 10.2. The molecule has 0 saturated heterocycles. The molecule has 0 radical (unpaired) electrons. The maximum atomic E-state index is 12.5. The first kappa shape index (κ1) is 25.0. The second-order valence-electron chi connectivity index (χ2n) is 5.64. The van der Waals surface area contributed by atoms with Crippen LogP contribution in [-0.2, 0) is 16.4 Å². The Morgan fingerprint density at radius 2 is 1.66 bits per heavy atom. The highest BCUT2D eigenvalue weighted by molar-refractivity contribution is 14.0. The van der Waals surface area contributed by atoms with Crippen molar-refractivity contribution in [2.45, 2.75) is 17.8 Å². The summed E-state index contributed by atoms with van der Waals surface area (Å²) in [4.78, 5) is 4.16. The van der Waals surface area contributed by atoms with E-state index in [1.165, 1.54) is 37.4 Å². The first-order valence-electron chi connectivity index (χ1n) is 8.27. The number of hydrogen-bond donors (Lipinski definition) is 2. The highest BCUT2D eigenvalue weighted by Gasteiger charge is 2.31. The van der Waals surface area contributed by atoms with Gasteiger partial charge in [-0.15, -0.1) is 37.1 Å². The summed E-state index contributed by atoms with van der Waals surface area (Å²) >= 11 is 0. The molecule has 160 valence electrons. The number of nitrogens with one attached hydrogen (secondary N) is 2. The minimum atomic E-state index is -4.79. The average Bonchev–Trinajstić information content (AvgIpc) is 2.65. The predicted molar refractivity (Wildman–Crippen MR) is 115 cm³/mol. The Hall–Kier alpha value is -2.02. The summed E-state index contributed by atoms with van der Waals surface area (Å²) in [7, 11) is -1.98. The summed E-state index contributed by atoms with van der Waals surface area (Å²) < 4.78 is 65.9. The Balaban J connectivity index is 0.00000420. The molecule has 11 heteroatoms. The molecule has 29 heavy (non-hydrogen) atoms. The molecule has 2 rings (SSSR count). The topological polar surface area (TPSA) is 79.8 Å². The number of guanidine groups is 1. The fourth-order valence-electron chi connectivity index (χ4n) is 2.32. The largest absolute Gasteiger partial charge is 0.573 e. The van der Waals surface area contributed by atoms with E-state index in [1.807, 2.05) is 0 Å². The molecular weight excluding hydrogens is 522 g/mol. The number of aliphatic imine (C=N–C) groups is 1. The molecule has 2 aromatic rings. The van der Waals surface area contributed by atoms with E-state index in [4.69, 9.17) is 0 Å². The van der Waals surface area contributed by atoms with E-state index in [-0.39, 0.29) is 65.0 Å². The standard InChI is InChI=1S/C18H20F3N3O3S.HI/c1-22-17(23-11-12-28(25,26)15-8-3-2-4-9-15)24-13-14-7-5-6-10-16(14)27-18(19,20)21;/h2-10H,11-13H2,1H3,(H2,22,23,24);1H. The number of benzene rings is 2. The average molecular weight is 543 g/mol. The van der Waals surface area contributed by atoms with E-state index in [0.717, 1.165) is 0 Å². The lowest BCUT2D eigenvalue weighted by Gasteiger charge is -2.15. The molecule has 0 unspecified atom stereocenters. The maximum Gasteiger partial charge on any atom is 0.573 e. The number of alkyl halides is 3. The monoisotopic (exact) mass is 543 g/mol. The van der Waals surface area contributed by atoms with E-state index in [1.54, 1.807) is 24.3 Å². The number of rotatable bonds is 7. The first-order chi connectivity index (χ1) is 13.2. The molecule has 0 aliphatic heterocycles. The van der Waals surface area contributed by atoms with Crippen LogP contribution in [0.4, 0.5) is 13.2 Å². The fourth-order valence-corrected chi connectivity index (χ4v) is 3.50. The zero-order valence-corrected chi connectivity index (χ0v) is 18.6. The van der Waals surface area contributed by atoms with Crippen molar-refractivity contribution in [3.8, 4) is 5.75 Å². The Kier molecular flexibility index (Phi) is 9.70. The number of ether oxygens (including phenoxy) is 1. The molecule has 0 aliphatic carbocycles. The summed E-state index contributed by atoms with van der Waals surface area (Å²) in [6.45, 7) is 0.0922. The van der Waals surface area contributed by atoms with Gasteiger partial charge in [-0.05, 0) is 18.2 Å². The highest BCUT2D eigenvalue weighted by Crippen LogP contribution is 2.26. The van der Waals surface area contributed by atoms with Gasteiger partial charge in [-0.3, -0.25) is 4.99 Å². The second kappa shape index (κ2) is 11.2. The second-order valence-corrected chi connectivity index (χ2v) is 7.75. The van der Waals surface area contributed by atoms with Crippen molar-refractivity contribution in [1.29, 1.82) is 0 Å². The zero-order valence-electron chi connectivity index (χ0n) is 15.4. The Labute approximate surface area is 184 Å². The summed E-state index contributed by atoms with van der Waals surface area (Å²) in [5, 5.41) is 5.66. The van der Waals surface area contributed by atoms with Crippen molar-refractivity contribution in [1.82, 2.24) is 10.6 Å². The lowest BCUT2D eigenvalue weighted by Crippen LogP contribution is -2.39. The van der Waals surface area contributed by atoms with Gasteiger partial charge in [0.1, 0.15) is 5.75 Å². The van der Waals surface area contributed by atoms with Gasteiger partial charge in [-0.2, -0.15) is 0 Å². The number of nitrogens with zero attached hydrogens (tertiary/aromatic N) is 1. The molecule has 0 heterocycles. The van der Waals surface area contributed by atoms with Crippen LogP contribution in [0.1, 0.15) is 5.56 Å². The van der Waals surface area contributed by atoms with E-state index >= 15 is 0 Å². The normalized spacial score (nSPS) is 12.1. The van der Waals surface area contributed by atoms with Crippen LogP contribution in [0.3, 0.4) is 0 Å². The van der Waals surface area contributed by atoms with Crippen molar-refractivity contribution in [3.05, 3.63) is 60.2 Å². The smallest absolute Gasteiger partial charge is 0.405 e. The molecule has 0 aliphatic rings. The molecule has 0 spiro atoms. The van der Waals surface area contributed by atoms with E-state index in [9.17, 15) is 21.6 Å². The van der Waals surface area contributed by atoms with Crippen LogP contribution >= 0.6 is 24.0 Å². The molecule has 6 nitrogen and oxygen atoms in total.